The van der Waals surface area contributed by atoms with Crippen molar-refractivity contribution >= 4 is 67.2 Å². The summed E-state index contributed by atoms with van der Waals surface area (Å²) in [5.41, 5.74) is 0.484. The van der Waals surface area contributed by atoms with Gasteiger partial charge in [-0.25, -0.2) is 23.2 Å². The number of hydrogen-bond donors (Lipinski definition) is 3. The Labute approximate surface area is 370 Å². The van der Waals surface area contributed by atoms with E-state index in [2.05, 4.69) is 36.1 Å². The van der Waals surface area contributed by atoms with Gasteiger partial charge in [-0.05, 0) is 83.3 Å². The van der Waals surface area contributed by atoms with Crippen molar-refractivity contribution in [2.45, 2.75) is 151 Å². The molecule has 0 spiro atoms. The number of furan rings is 1. The molecule has 4 fully saturated rings. The number of rotatable bonds is 8. The van der Waals surface area contributed by atoms with Crippen LogP contribution in [0, 0.1) is 5.92 Å². The molecular formula is C45H55N7O9S2. The van der Waals surface area contributed by atoms with E-state index in [4.69, 9.17) is 28.8 Å². The number of para-hydroxylation sites is 1. The van der Waals surface area contributed by atoms with Crippen molar-refractivity contribution in [1.29, 1.82) is 0 Å². The molecule has 18 heteroatoms. The minimum absolute atomic E-state index is 0.0160. The van der Waals surface area contributed by atoms with E-state index >= 15 is 0 Å². The van der Waals surface area contributed by atoms with Crippen LogP contribution < -0.4 is 20.1 Å². The molecule has 336 valence electrons. The van der Waals surface area contributed by atoms with Crippen molar-refractivity contribution in [1.82, 2.24) is 35.2 Å². The van der Waals surface area contributed by atoms with Crippen LogP contribution in [0.1, 0.15) is 117 Å². The summed E-state index contributed by atoms with van der Waals surface area (Å²) in [6.45, 7) is 7.74. The number of alkyl carbamates (subject to hydrolysis) is 1. The molecule has 5 aliphatic rings. The molecule has 3 aliphatic carbocycles. The molecule has 4 aromatic rings. The molecule has 3 aromatic heterocycles. The van der Waals surface area contributed by atoms with Gasteiger partial charge in [0.1, 0.15) is 40.9 Å². The maximum Gasteiger partial charge on any atom is 0.408 e. The molecule has 5 heterocycles. The van der Waals surface area contributed by atoms with Crippen LogP contribution in [0.25, 0.3) is 32.9 Å². The Hall–Kier alpha value is -5.10. The molecule has 9 rings (SSSR count). The number of ether oxygens (including phenoxy) is 2. The summed E-state index contributed by atoms with van der Waals surface area (Å²) < 4.78 is 46.5. The second-order valence-corrected chi connectivity index (χ2v) is 22.2. The predicted octanol–water partition coefficient (Wildman–Crippen LogP) is 6.58. The maximum atomic E-state index is 14.8. The van der Waals surface area contributed by atoms with Crippen LogP contribution in [-0.2, 0) is 34.6 Å². The Balaban J connectivity index is 1.06. The molecule has 2 aliphatic heterocycles. The molecule has 0 radical (unpaired) electrons. The van der Waals surface area contributed by atoms with Gasteiger partial charge >= 0.3 is 6.09 Å². The smallest absolute Gasteiger partial charge is 0.408 e. The highest BCUT2D eigenvalue weighted by Crippen LogP contribution is 2.48. The van der Waals surface area contributed by atoms with Gasteiger partial charge in [0.05, 0.1) is 17.0 Å². The molecule has 5 atom stereocenters. The van der Waals surface area contributed by atoms with Gasteiger partial charge < -0.3 is 29.4 Å². The molecule has 1 aromatic carbocycles. The predicted molar refractivity (Wildman–Crippen MR) is 235 cm³/mol. The minimum atomic E-state index is -4.02. The zero-order chi connectivity index (χ0) is 44.3. The van der Waals surface area contributed by atoms with Crippen LogP contribution in [0.5, 0.6) is 5.88 Å². The van der Waals surface area contributed by atoms with Gasteiger partial charge in [0.15, 0.2) is 10.8 Å². The molecule has 0 unspecified atom stereocenters. The van der Waals surface area contributed by atoms with Crippen molar-refractivity contribution in [2.24, 2.45) is 5.92 Å². The number of carbonyl (C=O) groups excluding carboxylic acids is 4. The number of thiazole rings is 1. The van der Waals surface area contributed by atoms with Gasteiger partial charge in [-0.2, -0.15) is 4.98 Å². The van der Waals surface area contributed by atoms with E-state index in [1.807, 2.05) is 41.8 Å². The molecular weight excluding hydrogens is 847 g/mol. The number of benzene rings is 1. The van der Waals surface area contributed by atoms with E-state index in [9.17, 15) is 27.6 Å². The van der Waals surface area contributed by atoms with Crippen LogP contribution >= 0.6 is 11.3 Å². The molecule has 4 amide bonds. The quantitative estimate of drug-likeness (QED) is 0.160. The summed E-state index contributed by atoms with van der Waals surface area (Å²) in [6.07, 6.45) is 9.72. The lowest BCUT2D eigenvalue weighted by Gasteiger charge is -2.30. The average Bonchev–Trinajstić information content (AvgIpc) is 3.72. The first-order chi connectivity index (χ1) is 30.0. The number of amides is 4. The lowest BCUT2D eigenvalue weighted by atomic mass is 9.93. The Morgan fingerprint density at radius 3 is 2.51 bits per heavy atom. The Kier molecular flexibility index (Phi) is 11.3. The van der Waals surface area contributed by atoms with E-state index < -0.39 is 68.2 Å². The number of carbonyl (C=O) groups is 4. The average molecular weight is 902 g/mol. The van der Waals surface area contributed by atoms with Crippen molar-refractivity contribution in [3.63, 3.8) is 0 Å². The summed E-state index contributed by atoms with van der Waals surface area (Å²) in [6, 6.07) is 5.27. The minimum Gasteiger partial charge on any atom is -0.470 e. The third-order valence-corrected chi connectivity index (χ3v) is 16.3. The number of allylic oxidation sites excluding steroid dienone is 1. The van der Waals surface area contributed by atoms with Crippen molar-refractivity contribution in [2.75, 3.05) is 6.54 Å². The van der Waals surface area contributed by atoms with Crippen molar-refractivity contribution in [3.05, 3.63) is 47.5 Å². The van der Waals surface area contributed by atoms with Gasteiger partial charge in [0.2, 0.25) is 27.4 Å². The number of hydrogen-bond acceptors (Lipinski definition) is 13. The lowest BCUT2D eigenvalue weighted by molar-refractivity contribution is -0.141. The Morgan fingerprint density at radius 1 is 1.00 bits per heavy atom. The molecule has 16 nitrogen and oxygen atoms in total. The monoisotopic (exact) mass is 901 g/mol. The number of aromatic nitrogens is 3. The fourth-order valence-corrected chi connectivity index (χ4v) is 11.2. The number of nitrogens with one attached hydrogen (secondary N) is 3. The number of nitrogens with zero attached hydrogens (tertiary/aromatic N) is 4. The van der Waals surface area contributed by atoms with Crippen molar-refractivity contribution in [3.8, 4) is 16.7 Å². The molecule has 63 heavy (non-hydrogen) atoms. The van der Waals surface area contributed by atoms with E-state index in [1.54, 1.807) is 6.92 Å². The van der Waals surface area contributed by atoms with Crippen LogP contribution in [0.4, 0.5) is 4.79 Å². The summed E-state index contributed by atoms with van der Waals surface area (Å²) >= 11 is 1.41. The second kappa shape index (κ2) is 16.5. The zero-order valence-electron chi connectivity index (χ0n) is 36.1. The first-order valence-electron chi connectivity index (χ1n) is 22.2. The number of sulfonamides is 1. The van der Waals surface area contributed by atoms with E-state index in [1.165, 1.54) is 16.2 Å². The zero-order valence-corrected chi connectivity index (χ0v) is 37.7. The first kappa shape index (κ1) is 43.2. The highest BCUT2D eigenvalue weighted by molar-refractivity contribution is 7.91. The first-order valence-corrected chi connectivity index (χ1v) is 24.6. The van der Waals surface area contributed by atoms with Gasteiger partial charge in [-0.1, -0.05) is 57.9 Å². The van der Waals surface area contributed by atoms with Crippen LogP contribution in [0.2, 0.25) is 0 Å². The standard InChI is InChI=1S/C45H55N7O9S2/c1-43(2,3)33-25-62-39(47-33)36-48-34-29-17-12-13-19-32(29)61-35(34)38(49-36)59-28-22-31-37(53)50-45(41(55)51-63(57,58)44(4)20-21-44)23-26(45)14-8-6-5-7-9-18-30(40(54)52(31)24-28)46-42(56)60-27-15-10-11-16-27/h8,12-14,17,19,25-28,30-31H,5-7,9-11,15-16,18,20-24H2,1-4H3,(H,46,56)(H,50,53)(H,51,55)/b14-8-/t26-,28-,30+,31+,45-/m1/s1. The van der Waals surface area contributed by atoms with Crippen LogP contribution in [-0.4, -0.2) is 93.2 Å². The lowest BCUT2D eigenvalue weighted by Crippen LogP contribution is -2.58. The highest BCUT2D eigenvalue weighted by Gasteiger charge is 2.63. The molecule has 3 N–H and O–H groups in total. The third-order valence-electron chi connectivity index (χ3n) is 13.3. The van der Waals surface area contributed by atoms with Crippen molar-refractivity contribution < 1.29 is 41.5 Å². The molecule has 0 bridgehead atoms. The fourth-order valence-electron chi connectivity index (χ4n) is 8.90. The van der Waals surface area contributed by atoms with E-state index in [0.29, 0.717) is 54.0 Å². The summed E-state index contributed by atoms with van der Waals surface area (Å²) in [7, 11) is -4.02. The van der Waals surface area contributed by atoms with Gasteiger partial charge in [-0.15, -0.1) is 11.3 Å². The SMILES string of the molecule is CC(C)(C)c1csc(-c2nc(O[C@@H]3C[C@H]4C(=O)N[C@]5(C(=O)NS(=O)(=O)C6(C)CC6)C[C@H]5/C=C\CCCCC[C@H](NC(=O)OC5CCCC5)C(=O)N4C3)c3oc4ccccc4c3n2)n1. The van der Waals surface area contributed by atoms with Gasteiger partial charge in [0, 0.05) is 28.5 Å². The normalized spacial score (nSPS) is 27.1. The van der Waals surface area contributed by atoms with Gasteiger partial charge in [-0.3, -0.25) is 19.1 Å². The van der Waals surface area contributed by atoms with Crippen LogP contribution in [0.3, 0.4) is 0 Å². The summed E-state index contributed by atoms with van der Waals surface area (Å²) in [5.74, 6) is -1.98. The Morgan fingerprint density at radius 2 is 1.76 bits per heavy atom. The maximum absolute atomic E-state index is 14.8. The highest BCUT2D eigenvalue weighted by atomic mass is 32.2. The van der Waals surface area contributed by atoms with E-state index in [0.717, 1.165) is 49.6 Å². The topological polar surface area (TPSA) is 212 Å². The number of fused-ring (bicyclic) bond motifs is 5. The fraction of sp³-hybridized carbons (Fsp3) is 0.578. The van der Waals surface area contributed by atoms with E-state index in [-0.39, 0.29) is 42.4 Å². The van der Waals surface area contributed by atoms with Gasteiger partial charge in [0.25, 0.3) is 11.8 Å². The third kappa shape index (κ3) is 8.64. The summed E-state index contributed by atoms with van der Waals surface area (Å²) in [5, 5.41) is 9.06. The second-order valence-electron chi connectivity index (χ2n) is 19.1. The van der Waals surface area contributed by atoms with Crippen LogP contribution in [0.15, 0.2) is 46.2 Å². The Bertz CT molecular complexity index is 2590. The largest absolute Gasteiger partial charge is 0.470 e. The summed E-state index contributed by atoms with van der Waals surface area (Å²) in [4.78, 5) is 72.9. The molecule has 3 saturated carbocycles. The molecule has 1 saturated heterocycles.